The Morgan fingerprint density at radius 3 is 2.63 bits per heavy atom. The number of ether oxygens (including phenoxy) is 1. The van der Waals surface area contributed by atoms with Gasteiger partial charge in [-0.05, 0) is 50.1 Å². The van der Waals surface area contributed by atoms with Crippen LogP contribution in [0.2, 0.25) is 0 Å². The quantitative estimate of drug-likeness (QED) is 0.460. The third-order valence-electron chi connectivity index (χ3n) is 4.94. The van der Waals surface area contributed by atoms with E-state index in [1.165, 1.54) is 0 Å². The Morgan fingerprint density at radius 1 is 1.13 bits per heavy atom. The SMILES string of the molecule is CCOCCCNC(=O)c1c(N)n(-c2cccc(C)c2)c2nc3ccccc3nc12. The third-order valence-corrected chi connectivity index (χ3v) is 4.94. The topological polar surface area (TPSA) is 95.1 Å². The molecule has 0 bridgehead atoms. The van der Waals surface area contributed by atoms with Gasteiger partial charge in [0.15, 0.2) is 5.65 Å². The van der Waals surface area contributed by atoms with E-state index >= 15 is 0 Å². The Labute approximate surface area is 174 Å². The number of hydrogen-bond acceptors (Lipinski definition) is 5. The maximum absolute atomic E-state index is 13.0. The van der Waals surface area contributed by atoms with Crippen LogP contribution in [0.1, 0.15) is 29.3 Å². The monoisotopic (exact) mass is 403 g/mol. The minimum atomic E-state index is -0.259. The first-order valence-electron chi connectivity index (χ1n) is 10.1. The predicted octanol–water partition coefficient (Wildman–Crippen LogP) is 3.62. The number of nitrogens with two attached hydrogens (primary N) is 1. The van der Waals surface area contributed by atoms with Gasteiger partial charge in [-0.1, -0.05) is 24.3 Å². The molecule has 3 N–H and O–H groups in total. The Balaban J connectivity index is 1.84. The summed E-state index contributed by atoms with van der Waals surface area (Å²) < 4.78 is 7.14. The lowest BCUT2D eigenvalue weighted by atomic mass is 10.2. The first-order valence-corrected chi connectivity index (χ1v) is 10.1. The molecule has 0 aliphatic heterocycles. The molecular formula is C23H25N5O2. The highest BCUT2D eigenvalue weighted by molar-refractivity contribution is 6.11. The largest absolute Gasteiger partial charge is 0.384 e. The summed E-state index contributed by atoms with van der Waals surface area (Å²) in [5, 5.41) is 2.94. The molecule has 0 fully saturated rings. The van der Waals surface area contributed by atoms with E-state index in [1.807, 2.05) is 62.4 Å². The number of anilines is 1. The first kappa shape index (κ1) is 19.8. The molecule has 4 aromatic rings. The lowest BCUT2D eigenvalue weighted by Crippen LogP contribution is -2.26. The van der Waals surface area contributed by atoms with Crippen molar-refractivity contribution in [3.05, 3.63) is 59.7 Å². The Bertz CT molecular complexity index is 1220. The van der Waals surface area contributed by atoms with E-state index in [2.05, 4.69) is 5.32 Å². The second kappa shape index (κ2) is 8.51. The second-order valence-electron chi connectivity index (χ2n) is 7.13. The van der Waals surface area contributed by atoms with Crippen LogP contribution in [0.5, 0.6) is 0 Å². The highest BCUT2D eigenvalue weighted by Gasteiger charge is 2.24. The molecule has 0 atom stereocenters. The molecule has 0 aliphatic rings. The standard InChI is InChI=1S/C23H25N5O2/c1-3-30-13-7-12-25-23(29)19-20-22(27-18-11-5-4-10-17(18)26-20)28(21(19)24)16-9-6-8-15(2)14-16/h4-6,8-11,14H,3,7,12-13,24H2,1-2H3,(H,25,29). The molecule has 0 unspecified atom stereocenters. The third kappa shape index (κ3) is 3.71. The number of nitrogens with one attached hydrogen (secondary N) is 1. The van der Waals surface area contributed by atoms with E-state index in [-0.39, 0.29) is 5.91 Å². The van der Waals surface area contributed by atoms with Crippen molar-refractivity contribution in [3.63, 3.8) is 0 Å². The molecule has 4 rings (SSSR count). The number of fused-ring (bicyclic) bond motifs is 2. The summed E-state index contributed by atoms with van der Waals surface area (Å²) in [6, 6.07) is 15.5. The van der Waals surface area contributed by atoms with Gasteiger partial charge in [-0.25, -0.2) is 9.97 Å². The maximum Gasteiger partial charge on any atom is 0.257 e. The Morgan fingerprint density at radius 2 is 1.90 bits per heavy atom. The fourth-order valence-corrected chi connectivity index (χ4v) is 3.52. The van der Waals surface area contributed by atoms with E-state index in [4.69, 9.17) is 20.4 Å². The summed E-state index contributed by atoms with van der Waals surface area (Å²) >= 11 is 0. The van der Waals surface area contributed by atoms with Gasteiger partial charge in [0.05, 0.1) is 11.0 Å². The zero-order valence-electron chi connectivity index (χ0n) is 17.2. The normalized spacial score (nSPS) is 11.3. The van der Waals surface area contributed by atoms with Crippen molar-refractivity contribution in [1.82, 2.24) is 19.9 Å². The number of nitrogens with zero attached hydrogens (tertiary/aromatic N) is 3. The zero-order valence-corrected chi connectivity index (χ0v) is 17.2. The van der Waals surface area contributed by atoms with Gasteiger partial charge in [0.1, 0.15) is 16.9 Å². The van der Waals surface area contributed by atoms with Gasteiger partial charge in [0.25, 0.3) is 5.91 Å². The van der Waals surface area contributed by atoms with Crippen molar-refractivity contribution in [2.75, 3.05) is 25.5 Å². The van der Waals surface area contributed by atoms with Crippen LogP contribution in [0.4, 0.5) is 5.82 Å². The van der Waals surface area contributed by atoms with Crippen molar-refractivity contribution in [2.24, 2.45) is 0 Å². The fraction of sp³-hybridized carbons (Fsp3) is 0.261. The highest BCUT2D eigenvalue weighted by atomic mass is 16.5. The van der Waals surface area contributed by atoms with Crippen LogP contribution in [-0.2, 0) is 4.74 Å². The number of rotatable bonds is 7. The second-order valence-corrected chi connectivity index (χ2v) is 7.13. The van der Waals surface area contributed by atoms with Gasteiger partial charge in [-0.3, -0.25) is 9.36 Å². The van der Waals surface area contributed by atoms with Crippen molar-refractivity contribution >= 4 is 33.9 Å². The number of para-hydroxylation sites is 2. The van der Waals surface area contributed by atoms with Gasteiger partial charge in [-0.15, -0.1) is 0 Å². The van der Waals surface area contributed by atoms with Crippen molar-refractivity contribution in [3.8, 4) is 5.69 Å². The minimum absolute atomic E-state index is 0.259. The lowest BCUT2D eigenvalue weighted by molar-refractivity contribution is 0.0946. The van der Waals surface area contributed by atoms with Crippen LogP contribution in [0.3, 0.4) is 0 Å². The molecule has 154 valence electrons. The molecule has 0 aliphatic carbocycles. The molecule has 0 spiro atoms. The molecule has 7 heteroatoms. The van der Waals surface area contributed by atoms with Gasteiger partial charge in [0, 0.05) is 25.4 Å². The smallest absolute Gasteiger partial charge is 0.257 e. The van der Waals surface area contributed by atoms with Gasteiger partial charge < -0.3 is 15.8 Å². The number of aryl methyl sites for hydroxylation is 1. The van der Waals surface area contributed by atoms with Gasteiger partial charge in [-0.2, -0.15) is 0 Å². The number of amides is 1. The summed E-state index contributed by atoms with van der Waals surface area (Å²) in [5.41, 5.74) is 11.3. The number of carbonyl (C=O) groups is 1. The molecule has 0 saturated heterocycles. The fourth-order valence-electron chi connectivity index (χ4n) is 3.52. The number of carbonyl (C=O) groups excluding carboxylic acids is 1. The average molecular weight is 403 g/mol. The molecule has 1 amide bonds. The number of aromatic nitrogens is 3. The number of hydrogen-bond donors (Lipinski definition) is 2. The molecule has 2 heterocycles. The molecule has 0 radical (unpaired) electrons. The summed E-state index contributed by atoms with van der Waals surface area (Å²) in [6.07, 6.45) is 0.727. The summed E-state index contributed by atoms with van der Waals surface area (Å²) in [4.78, 5) is 22.6. The van der Waals surface area contributed by atoms with E-state index in [1.54, 1.807) is 4.57 Å². The van der Waals surface area contributed by atoms with Crippen LogP contribution in [-0.4, -0.2) is 40.2 Å². The molecular weight excluding hydrogens is 378 g/mol. The predicted molar refractivity (Wildman–Crippen MR) is 119 cm³/mol. The number of benzene rings is 2. The summed E-state index contributed by atoms with van der Waals surface area (Å²) in [5.74, 6) is 0.0678. The summed E-state index contributed by atoms with van der Waals surface area (Å²) in [6.45, 7) is 5.71. The van der Waals surface area contributed by atoms with Crippen LogP contribution in [0, 0.1) is 6.92 Å². The van der Waals surface area contributed by atoms with Crippen molar-refractivity contribution in [1.29, 1.82) is 0 Å². The first-order chi connectivity index (χ1) is 14.6. The average Bonchev–Trinajstić information content (AvgIpc) is 3.02. The molecule has 2 aromatic carbocycles. The van der Waals surface area contributed by atoms with Crippen molar-refractivity contribution in [2.45, 2.75) is 20.3 Å². The molecule has 2 aromatic heterocycles. The van der Waals surface area contributed by atoms with Crippen LogP contribution >= 0.6 is 0 Å². The minimum Gasteiger partial charge on any atom is -0.384 e. The van der Waals surface area contributed by atoms with Crippen LogP contribution < -0.4 is 11.1 Å². The van der Waals surface area contributed by atoms with Crippen molar-refractivity contribution < 1.29 is 9.53 Å². The lowest BCUT2D eigenvalue weighted by Gasteiger charge is -2.09. The van der Waals surface area contributed by atoms with E-state index in [0.717, 1.165) is 28.7 Å². The molecule has 7 nitrogen and oxygen atoms in total. The molecule has 30 heavy (non-hydrogen) atoms. The van der Waals surface area contributed by atoms with E-state index in [0.29, 0.717) is 42.3 Å². The number of nitrogen functional groups attached to an aromatic ring is 1. The highest BCUT2D eigenvalue weighted by Crippen LogP contribution is 2.31. The van der Waals surface area contributed by atoms with Crippen LogP contribution in [0.25, 0.3) is 27.9 Å². The summed E-state index contributed by atoms with van der Waals surface area (Å²) in [7, 11) is 0. The maximum atomic E-state index is 13.0. The van der Waals surface area contributed by atoms with E-state index in [9.17, 15) is 4.79 Å². The Kier molecular flexibility index (Phi) is 5.63. The van der Waals surface area contributed by atoms with Gasteiger partial charge >= 0.3 is 0 Å². The zero-order chi connectivity index (χ0) is 21.1. The molecule has 0 saturated carbocycles. The van der Waals surface area contributed by atoms with Crippen LogP contribution in [0.15, 0.2) is 48.5 Å². The Hall–Kier alpha value is -3.45. The van der Waals surface area contributed by atoms with Gasteiger partial charge in [0.2, 0.25) is 0 Å². The van der Waals surface area contributed by atoms with E-state index < -0.39 is 0 Å².